The van der Waals surface area contributed by atoms with Gasteiger partial charge in [-0.25, -0.2) is 4.98 Å². The van der Waals surface area contributed by atoms with Crippen LogP contribution >= 0.6 is 0 Å². The molecule has 2 aliphatic rings. The minimum absolute atomic E-state index is 0.178. The second-order valence-electron chi connectivity index (χ2n) is 7.65. The quantitative estimate of drug-likeness (QED) is 0.624. The van der Waals surface area contributed by atoms with E-state index in [0.29, 0.717) is 35.0 Å². The van der Waals surface area contributed by atoms with Crippen LogP contribution in [0.4, 0.5) is 23.0 Å². The molecule has 0 saturated carbocycles. The van der Waals surface area contributed by atoms with Gasteiger partial charge in [-0.2, -0.15) is 0 Å². The first-order chi connectivity index (χ1) is 14.1. The van der Waals surface area contributed by atoms with E-state index in [0.717, 1.165) is 37.3 Å². The summed E-state index contributed by atoms with van der Waals surface area (Å²) in [6.45, 7) is 1.68. The highest BCUT2D eigenvalue weighted by Gasteiger charge is 2.40. The van der Waals surface area contributed by atoms with Gasteiger partial charge in [-0.05, 0) is 37.1 Å². The molecule has 29 heavy (non-hydrogen) atoms. The minimum Gasteiger partial charge on any atom is -0.507 e. The molecular formula is C21H23N7O. The number of phenols is 1. The van der Waals surface area contributed by atoms with Gasteiger partial charge < -0.3 is 26.4 Å². The van der Waals surface area contributed by atoms with Crippen LogP contribution in [0.3, 0.4) is 0 Å². The van der Waals surface area contributed by atoms with E-state index in [1.807, 2.05) is 30.3 Å². The number of pyridine rings is 1. The van der Waals surface area contributed by atoms with Crippen molar-refractivity contribution in [3.8, 4) is 17.0 Å². The van der Waals surface area contributed by atoms with E-state index in [-0.39, 0.29) is 5.75 Å². The van der Waals surface area contributed by atoms with Crippen LogP contribution in [-0.4, -0.2) is 45.5 Å². The Kier molecular flexibility index (Phi) is 4.12. The SMILES string of the molecule is Nc1cc(N2C3CCC2CN(c2cc(-c4ccccc4O)nnc2N)C3)ccn1. The molecule has 0 amide bonds. The van der Waals surface area contributed by atoms with E-state index >= 15 is 0 Å². The normalized spacial score (nSPS) is 20.8. The molecule has 8 nitrogen and oxygen atoms in total. The van der Waals surface area contributed by atoms with E-state index in [1.54, 1.807) is 18.3 Å². The fourth-order valence-electron chi connectivity index (χ4n) is 4.58. The average Bonchev–Trinajstić information content (AvgIpc) is 2.98. The first-order valence-electron chi connectivity index (χ1n) is 9.76. The number of benzene rings is 1. The fourth-order valence-corrected chi connectivity index (χ4v) is 4.58. The molecule has 2 aromatic heterocycles. The maximum atomic E-state index is 10.2. The Hall–Kier alpha value is -3.55. The van der Waals surface area contributed by atoms with Crippen molar-refractivity contribution in [1.82, 2.24) is 15.2 Å². The lowest BCUT2D eigenvalue weighted by atomic mass is 10.1. The van der Waals surface area contributed by atoms with E-state index < -0.39 is 0 Å². The Morgan fingerprint density at radius 1 is 0.966 bits per heavy atom. The number of nitrogens with zero attached hydrogens (tertiary/aromatic N) is 5. The molecule has 1 aromatic carbocycles. The summed E-state index contributed by atoms with van der Waals surface area (Å²) >= 11 is 0. The molecule has 5 N–H and O–H groups in total. The number of aromatic nitrogens is 3. The van der Waals surface area contributed by atoms with Gasteiger partial charge in [0.05, 0.1) is 11.4 Å². The number of nitrogen functional groups attached to an aromatic ring is 2. The number of para-hydroxylation sites is 1. The van der Waals surface area contributed by atoms with Crippen LogP contribution in [0.15, 0.2) is 48.7 Å². The monoisotopic (exact) mass is 389 g/mol. The maximum absolute atomic E-state index is 10.2. The number of rotatable bonds is 3. The van der Waals surface area contributed by atoms with Gasteiger partial charge in [0.25, 0.3) is 0 Å². The highest BCUT2D eigenvalue weighted by Crippen LogP contribution is 2.39. The van der Waals surface area contributed by atoms with Gasteiger partial charge in [-0.3, -0.25) is 0 Å². The second kappa shape index (κ2) is 6.80. The highest BCUT2D eigenvalue weighted by molar-refractivity contribution is 5.74. The van der Waals surface area contributed by atoms with Gasteiger partial charge in [-0.15, -0.1) is 10.2 Å². The van der Waals surface area contributed by atoms with Crippen LogP contribution in [-0.2, 0) is 0 Å². The zero-order chi connectivity index (χ0) is 20.0. The summed E-state index contributed by atoms with van der Waals surface area (Å²) in [5, 5.41) is 18.5. The van der Waals surface area contributed by atoms with Crippen LogP contribution in [0, 0.1) is 0 Å². The molecule has 2 unspecified atom stereocenters. The van der Waals surface area contributed by atoms with Crippen molar-refractivity contribution in [3.05, 3.63) is 48.7 Å². The maximum Gasteiger partial charge on any atom is 0.169 e. The van der Waals surface area contributed by atoms with Crippen LogP contribution in [0.5, 0.6) is 5.75 Å². The molecule has 4 heterocycles. The third-order valence-corrected chi connectivity index (χ3v) is 5.87. The first kappa shape index (κ1) is 17.5. The van der Waals surface area contributed by atoms with Crippen molar-refractivity contribution in [3.63, 3.8) is 0 Å². The van der Waals surface area contributed by atoms with Crippen molar-refractivity contribution in [2.75, 3.05) is 34.4 Å². The number of anilines is 4. The predicted octanol–water partition coefficient (Wildman–Crippen LogP) is 2.27. The number of piperazine rings is 1. The number of aromatic hydroxyl groups is 1. The standard InChI is InChI=1S/C21H23N7O/c22-20-9-13(7-8-24-20)28-14-5-6-15(28)12-27(11-14)18-10-17(25-26-21(18)23)16-3-1-2-4-19(16)29/h1-4,7-10,14-15,29H,5-6,11-12H2,(H2,22,24)(H2,23,26). The average molecular weight is 389 g/mol. The highest BCUT2D eigenvalue weighted by atomic mass is 16.3. The molecule has 0 aliphatic carbocycles. The molecule has 8 heteroatoms. The number of nitrogens with two attached hydrogens (primary N) is 2. The third kappa shape index (κ3) is 3.06. The lowest BCUT2D eigenvalue weighted by Crippen LogP contribution is -2.54. The van der Waals surface area contributed by atoms with Crippen LogP contribution < -0.4 is 21.3 Å². The minimum atomic E-state index is 0.178. The summed E-state index contributed by atoms with van der Waals surface area (Å²) in [5.74, 6) is 1.13. The molecule has 148 valence electrons. The largest absolute Gasteiger partial charge is 0.507 e. The van der Waals surface area contributed by atoms with Crippen molar-refractivity contribution in [2.24, 2.45) is 0 Å². The van der Waals surface area contributed by atoms with Gasteiger partial charge >= 0.3 is 0 Å². The summed E-state index contributed by atoms with van der Waals surface area (Å²) in [6, 6.07) is 13.8. The molecule has 2 saturated heterocycles. The number of phenolic OH excluding ortho intramolecular Hbond substituents is 1. The van der Waals surface area contributed by atoms with Crippen molar-refractivity contribution >= 4 is 23.0 Å². The van der Waals surface area contributed by atoms with Crippen molar-refractivity contribution in [2.45, 2.75) is 24.9 Å². The Balaban J connectivity index is 1.45. The van der Waals surface area contributed by atoms with Crippen LogP contribution in [0.25, 0.3) is 11.3 Å². The van der Waals surface area contributed by atoms with E-state index in [1.165, 1.54) is 0 Å². The Morgan fingerprint density at radius 2 is 1.72 bits per heavy atom. The van der Waals surface area contributed by atoms with Gasteiger partial charge in [0.1, 0.15) is 11.6 Å². The molecular weight excluding hydrogens is 366 g/mol. The smallest absolute Gasteiger partial charge is 0.169 e. The second-order valence-corrected chi connectivity index (χ2v) is 7.65. The summed E-state index contributed by atoms with van der Waals surface area (Å²) < 4.78 is 0. The molecule has 2 fully saturated rings. The van der Waals surface area contributed by atoms with Crippen molar-refractivity contribution < 1.29 is 5.11 Å². The van der Waals surface area contributed by atoms with Gasteiger partial charge in [0.2, 0.25) is 0 Å². The van der Waals surface area contributed by atoms with Crippen LogP contribution in [0.2, 0.25) is 0 Å². The number of fused-ring (bicyclic) bond motifs is 2. The van der Waals surface area contributed by atoms with Gasteiger partial charge in [-0.1, -0.05) is 12.1 Å². The topological polar surface area (TPSA) is 117 Å². The Bertz CT molecular complexity index is 1040. The van der Waals surface area contributed by atoms with Crippen LogP contribution in [0.1, 0.15) is 12.8 Å². The molecule has 2 bridgehead atoms. The van der Waals surface area contributed by atoms with E-state index in [9.17, 15) is 5.11 Å². The molecule has 2 aliphatic heterocycles. The van der Waals surface area contributed by atoms with Gasteiger partial charge in [0.15, 0.2) is 5.82 Å². The predicted molar refractivity (Wildman–Crippen MR) is 114 cm³/mol. The summed E-state index contributed by atoms with van der Waals surface area (Å²) in [5.41, 5.74) is 15.3. The summed E-state index contributed by atoms with van der Waals surface area (Å²) in [7, 11) is 0. The van der Waals surface area contributed by atoms with Gasteiger partial charge in [0, 0.05) is 48.7 Å². The lowest BCUT2D eigenvalue weighted by molar-refractivity contribution is 0.477. The fraction of sp³-hybridized carbons (Fsp3) is 0.286. The molecule has 5 rings (SSSR count). The number of hydrogen-bond donors (Lipinski definition) is 3. The zero-order valence-electron chi connectivity index (χ0n) is 15.9. The van der Waals surface area contributed by atoms with E-state index in [2.05, 4.69) is 25.0 Å². The zero-order valence-corrected chi connectivity index (χ0v) is 15.9. The van der Waals surface area contributed by atoms with E-state index in [4.69, 9.17) is 11.5 Å². The molecule has 2 atom stereocenters. The molecule has 0 spiro atoms. The van der Waals surface area contributed by atoms with Crippen molar-refractivity contribution in [1.29, 1.82) is 0 Å². The molecule has 0 radical (unpaired) electrons. The first-order valence-corrected chi connectivity index (χ1v) is 9.76. The lowest BCUT2D eigenvalue weighted by Gasteiger charge is -2.43. The Labute approximate surface area is 168 Å². The number of hydrogen-bond acceptors (Lipinski definition) is 8. The summed E-state index contributed by atoms with van der Waals surface area (Å²) in [6.07, 6.45) is 4.00. The Morgan fingerprint density at radius 3 is 2.45 bits per heavy atom. The molecule has 3 aromatic rings. The third-order valence-electron chi connectivity index (χ3n) is 5.87. The summed E-state index contributed by atoms with van der Waals surface area (Å²) in [4.78, 5) is 8.86.